The third-order valence-electron chi connectivity index (χ3n) is 2.25. The van der Waals surface area contributed by atoms with Crippen LogP contribution >= 0.6 is 0 Å². The van der Waals surface area contributed by atoms with Crippen molar-refractivity contribution in [3.05, 3.63) is 29.6 Å². The molecule has 1 aromatic carbocycles. The van der Waals surface area contributed by atoms with E-state index in [1.54, 1.807) is 6.92 Å². The van der Waals surface area contributed by atoms with E-state index in [2.05, 4.69) is 4.74 Å². The van der Waals surface area contributed by atoms with Crippen molar-refractivity contribution in [1.29, 1.82) is 0 Å². The van der Waals surface area contributed by atoms with Crippen molar-refractivity contribution in [3.63, 3.8) is 0 Å². The quantitative estimate of drug-likeness (QED) is 0.822. The maximum absolute atomic E-state index is 13.4. The molecule has 0 bridgehead atoms. The summed E-state index contributed by atoms with van der Waals surface area (Å²) in [5, 5.41) is 8.70. The normalized spacial score (nSPS) is 15.3. The van der Waals surface area contributed by atoms with Crippen molar-refractivity contribution in [2.75, 3.05) is 6.61 Å². The van der Waals surface area contributed by atoms with Crippen LogP contribution in [0.25, 0.3) is 0 Å². The lowest BCUT2D eigenvalue weighted by atomic mass is 10.1. The molecule has 7 heteroatoms. The first kappa shape index (κ1) is 14.7. The van der Waals surface area contributed by atoms with Crippen molar-refractivity contribution in [1.82, 2.24) is 0 Å². The third kappa shape index (κ3) is 3.85. The zero-order valence-electron chi connectivity index (χ0n) is 9.54. The molecule has 18 heavy (non-hydrogen) atoms. The van der Waals surface area contributed by atoms with Gasteiger partial charge in [-0.15, -0.1) is 0 Å². The fourth-order valence-electron chi connectivity index (χ4n) is 1.24. The molecule has 1 rings (SSSR count). The molecule has 0 aliphatic carbocycles. The lowest BCUT2D eigenvalue weighted by Crippen LogP contribution is -2.34. The van der Waals surface area contributed by atoms with Gasteiger partial charge in [0.2, 0.25) is 0 Å². The van der Waals surface area contributed by atoms with Crippen LogP contribution in [0.3, 0.4) is 0 Å². The Hall–Kier alpha value is -1.34. The van der Waals surface area contributed by atoms with E-state index in [1.807, 2.05) is 0 Å². The Morgan fingerprint density at radius 2 is 2.00 bits per heavy atom. The van der Waals surface area contributed by atoms with Gasteiger partial charge in [0.25, 0.3) is 0 Å². The van der Waals surface area contributed by atoms with Crippen molar-refractivity contribution in [2.45, 2.75) is 25.2 Å². The first-order valence-electron chi connectivity index (χ1n) is 5.14. The summed E-state index contributed by atoms with van der Waals surface area (Å²) in [7, 11) is 0. The summed E-state index contributed by atoms with van der Waals surface area (Å²) in [5.74, 6) is -0.760. The standard InChI is InChI=1S/C11H13F4NO2/c1-6(16)8-3-2-7(4-9(8)12)18-5-10(17)11(13,14)15/h2-4,6,10,17H,5,16H2,1H3/t6-,10?/m0/s1. The molecule has 2 atom stereocenters. The molecule has 0 heterocycles. The van der Waals surface area contributed by atoms with Gasteiger partial charge >= 0.3 is 6.18 Å². The molecule has 0 aliphatic heterocycles. The van der Waals surface area contributed by atoms with Gasteiger partial charge in [0.05, 0.1) is 0 Å². The third-order valence-corrected chi connectivity index (χ3v) is 2.25. The summed E-state index contributed by atoms with van der Waals surface area (Å²) < 4.78 is 54.0. The molecule has 0 spiro atoms. The highest BCUT2D eigenvalue weighted by atomic mass is 19.4. The first-order chi connectivity index (χ1) is 8.21. The highest BCUT2D eigenvalue weighted by Crippen LogP contribution is 2.23. The van der Waals surface area contributed by atoms with Crippen LogP contribution < -0.4 is 10.5 Å². The molecule has 0 saturated carbocycles. The second-order valence-electron chi connectivity index (χ2n) is 3.84. The smallest absolute Gasteiger partial charge is 0.417 e. The largest absolute Gasteiger partial charge is 0.490 e. The van der Waals surface area contributed by atoms with E-state index in [4.69, 9.17) is 10.8 Å². The van der Waals surface area contributed by atoms with Gasteiger partial charge in [-0.1, -0.05) is 6.07 Å². The summed E-state index contributed by atoms with van der Waals surface area (Å²) in [6.07, 6.45) is -7.36. The SMILES string of the molecule is C[C@H](N)c1ccc(OCC(O)C(F)(F)F)cc1F. The summed E-state index contributed by atoms with van der Waals surface area (Å²) in [6.45, 7) is 0.590. The van der Waals surface area contributed by atoms with Gasteiger partial charge in [0.1, 0.15) is 18.2 Å². The molecule has 3 N–H and O–H groups in total. The Balaban J connectivity index is 2.67. The van der Waals surface area contributed by atoms with Crippen LogP contribution in [0.15, 0.2) is 18.2 Å². The Kier molecular flexibility index (Phi) is 4.53. The van der Waals surface area contributed by atoms with Gasteiger partial charge in [0.15, 0.2) is 6.10 Å². The number of aliphatic hydroxyl groups excluding tert-OH is 1. The van der Waals surface area contributed by atoms with E-state index in [9.17, 15) is 17.6 Å². The number of halogens is 4. The van der Waals surface area contributed by atoms with Crippen LogP contribution in [0, 0.1) is 5.82 Å². The van der Waals surface area contributed by atoms with Gasteiger partial charge in [-0.3, -0.25) is 0 Å². The number of aliphatic hydroxyl groups is 1. The van der Waals surface area contributed by atoms with Crippen LogP contribution in [0.4, 0.5) is 17.6 Å². The molecule has 0 aromatic heterocycles. The van der Waals surface area contributed by atoms with Crippen molar-refractivity contribution in [2.24, 2.45) is 5.73 Å². The Morgan fingerprint density at radius 3 is 2.44 bits per heavy atom. The predicted octanol–water partition coefficient (Wildman–Crippen LogP) is 2.15. The monoisotopic (exact) mass is 267 g/mol. The molecule has 0 saturated heterocycles. The maximum atomic E-state index is 13.4. The van der Waals surface area contributed by atoms with Crippen molar-refractivity contribution >= 4 is 0 Å². The van der Waals surface area contributed by atoms with E-state index >= 15 is 0 Å². The van der Waals surface area contributed by atoms with Gasteiger partial charge in [-0.25, -0.2) is 4.39 Å². The highest BCUT2D eigenvalue weighted by Gasteiger charge is 2.38. The van der Waals surface area contributed by atoms with Crippen LogP contribution in [-0.2, 0) is 0 Å². The molecule has 0 radical (unpaired) electrons. The van der Waals surface area contributed by atoms with Crippen LogP contribution in [0.1, 0.15) is 18.5 Å². The molecule has 0 amide bonds. The molecule has 1 unspecified atom stereocenters. The molecule has 102 valence electrons. The number of nitrogens with two attached hydrogens (primary N) is 1. The zero-order chi connectivity index (χ0) is 13.9. The van der Waals surface area contributed by atoms with Gasteiger partial charge in [-0.2, -0.15) is 13.2 Å². The minimum absolute atomic E-state index is 0.0970. The van der Waals surface area contributed by atoms with E-state index in [-0.39, 0.29) is 11.3 Å². The molecule has 0 aliphatic rings. The molecular formula is C11H13F4NO2. The fraction of sp³-hybridized carbons (Fsp3) is 0.455. The Morgan fingerprint density at radius 1 is 1.39 bits per heavy atom. The van der Waals surface area contributed by atoms with Crippen molar-refractivity contribution in [3.8, 4) is 5.75 Å². The molecular weight excluding hydrogens is 254 g/mol. The summed E-state index contributed by atoms with van der Waals surface area (Å²) in [4.78, 5) is 0. The first-order valence-corrected chi connectivity index (χ1v) is 5.14. The van der Waals surface area contributed by atoms with Gasteiger partial charge < -0.3 is 15.6 Å². The summed E-state index contributed by atoms with van der Waals surface area (Å²) in [6, 6.07) is 3.03. The fourth-order valence-corrected chi connectivity index (χ4v) is 1.24. The van der Waals surface area contributed by atoms with Crippen LogP contribution in [0.5, 0.6) is 5.75 Å². The number of rotatable bonds is 4. The number of alkyl halides is 3. The zero-order valence-corrected chi connectivity index (χ0v) is 9.54. The van der Waals surface area contributed by atoms with E-state index in [0.29, 0.717) is 0 Å². The van der Waals surface area contributed by atoms with Crippen LogP contribution in [0.2, 0.25) is 0 Å². The summed E-state index contributed by atoms with van der Waals surface area (Å²) in [5.41, 5.74) is 5.71. The second-order valence-corrected chi connectivity index (χ2v) is 3.84. The van der Waals surface area contributed by atoms with Gasteiger partial charge in [-0.05, 0) is 13.0 Å². The number of ether oxygens (including phenoxy) is 1. The number of hydrogen-bond acceptors (Lipinski definition) is 3. The maximum Gasteiger partial charge on any atom is 0.417 e. The number of hydrogen-bond donors (Lipinski definition) is 2. The van der Waals surface area contributed by atoms with E-state index in [1.165, 1.54) is 12.1 Å². The lowest BCUT2D eigenvalue weighted by Gasteiger charge is -2.16. The summed E-state index contributed by atoms with van der Waals surface area (Å²) >= 11 is 0. The van der Waals surface area contributed by atoms with E-state index < -0.39 is 30.7 Å². The Bertz CT molecular complexity index is 407. The second kappa shape index (κ2) is 5.53. The minimum Gasteiger partial charge on any atom is -0.490 e. The van der Waals surface area contributed by atoms with E-state index in [0.717, 1.165) is 6.07 Å². The molecule has 3 nitrogen and oxygen atoms in total. The average Bonchev–Trinajstić information content (AvgIpc) is 2.24. The highest BCUT2D eigenvalue weighted by molar-refractivity contribution is 5.30. The topological polar surface area (TPSA) is 55.5 Å². The Labute approximate surface area is 101 Å². The predicted molar refractivity (Wildman–Crippen MR) is 56.6 cm³/mol. The van der Waals surface area contributed by atoms with Crippen LogP contribution in [-0.4, -0.2) is 24.0 Å². The van der Waals surface area contributed by atoms with Gasteiger partial charge in [0, 0.05) is 17.7 Å². The average molecular weight is 267 g/mol. The van der Waals surface area contributed by atoms with Crippen molar-refractivity contribution < 1.29 is 27.4 Å². The molecule has 0 fully saturated rings. The lowest BCUT2D eigenvalue weighted by molar-refractivity contribution is -0.210. The number of benzene rings is 1. The molecule has 1 aromatic rings. The minimum atomic E-state index is -4.76.